The van der Waals surface area contributed by atoms with Gasteiger partial charge >= 0.3 is 5.97 Å². The molecule has 3 rings (SSSR count). The van der Waals surface area contributed by atoms with Gasteiger partial charge in [-0.25, -0.2) is 9.78 Å². The quantitative estimate of drug-likeness (QED) is 0.922. The van der Waals surface area contributed by atoms with E-state index in [1.54, 1.807) is 13.0 Å². The van der Waals surface area contributed by atoms with Gasteiger partial charge in [0, 0.05) is 26.4 Å². The Morgan fingerprint density at radius 2 is 2.14 bits per heavy atom. The number of anilines is 1. The van der Waals surface area contributed by atoms with Crippen LogP contribution in [0.5, 0.6) is 0 Å². The van der Waals surface area contributed by atoms with E-state index in [0.717, 1.165) is 44.0 Å². The fraction of sp³-hybridized carbons (Fsp3) is 0.467. The molecule has 0 radical (unpaired) electrons. The molecule has 0 bridgehead atoms. The summed E-state index contributed by atoms with van der Waals surface area (Å²) in [4.78, 5) is 21.6. The van der Waals surface area contributed by atoms with E-state index in [1.807, 2.05) is 6.07 Å². The minimum Gasteiger partial charge on any atom is -0.477 e. The highest BCUT2D eigenvalue weighted by Crippen LogP contribution is 2.24. The largest absolute Gasteiger partial charge is 0.477 e. The average Bonchev–Trinajstić information content (AvgIpc) is 2.93. The molecule has 1 fully saturated rings. The zero-order valence-corrected chi connectivity index (χ0v) is 12.4. The Hall–Kier alpha value is -2.44. The maximum atomic E-state index is 11.0. The van der Waals surface area contributed by atoms with Crippen molar-refractivity contribution >= 4 is 11.8 Å². The molecular formula is C15H18N4O3. The summed E-state index contributed by atoms with van der Waals surface area (Å²) in [5, 5.41) is 13.0. The third-order valence-electron chi connectivity index (χ3n) is 3.93. The average molecular weight is 302 g/mol. The molecule has 116 valence electrons. The van der Waals surface area contributed by atoms with Crippen LogP contribution in [-0.2, 0) is 6.42 Å². The Kier molecular flexibility index (Phi) is 4.04. The van der Waals surface area contributed by atoms with Crippen LogP contribution < -0.4 is 4.90 Å². The van der Waals surface area contributed by atoms with Crippen LogP contribution in [0.15, 0.2) is 22.7 Å². The highest BCUT2D eigenvalue weighted by Gasteiger charge is 2.22. The third-order valence-corrected chi connectivity index (χ3v) is 3.93. The molecule has 7 nitrogen and oxygen atoms in total. The summed E-state index contributed by atoms with van der Waals surface area (Å²) in [7, 11) is 0. The van der Waals surface area contributed by atoms with Crippen molar-refractivity contribution in [2.24, 2.45) is 5.92 Å². The van der Waals surface area contributed by atoms with Crippen LogP contribution in [0, 0.1) is 12.8 Å². The molecule has 1 N–H and O–H groups in total. The number of aromatic nitrogens is 3. The van der Waals surface area contributed by atoms with Crippen LogP contribution in [0.3, 0.4) is 0 Å². The number of carbonyl (C=O) groups is 1. The van der Waals surface area contributed by atoms with Crippen LogP contribution in [0.1, 0.15) is 35.0 Å². The van der Waals surface area contributed by atoms with Gasteiger partial charge in [-0.3, -0.25) is 0 Å². The maximum absolute atomic E-state index is 11.0. The van der Waals surface area contributed by atoms with Crippen molar-refractivity contribution in [2.75, 3.05) is 18.0 Å². The van der Waals surface area contributed by atoms with E-state index < -0.39 is 5.97 Å². The Balaban J connectivity index is 1.59. The molecule has 0 saturated carbocycles. The van der Waals surface area contributed by atoms with E-state index in [4.69, 9.17) is 9.63 Å². The molecule has 22 heavy (non-hydrogen) atoms. The first-order chi connectivity index (χ1) is 10.6. The standard InChI is InChI=1S/C15H18N4O3/c1-10-16-13(18-22-10)9-11-5-7-19(8-6-11)14-4-2-3-12(17-14)15(20)21/h2-4,11H,5-9H2,1H3,(H,20,21). The lowest BCUT2D eigenvalue weighted by Gasteiger charge is -2.32. The summed E-state index contributed by atoms with van der Waals surface area (Å²) >= 11 is 0. The van der Waals surface area contributed by atoms with Crippen LogP contribution in [0.4, 0.5) is 5.82 Å². The van der Waals surface area contributed by atoms with Crippen LogP contribution in [0.25, 0.3) is 0 Å². The number of pyridine rings is 1. The minimum absolute atomic E-state index is 0.0851. The van der Waals surface area contributed by atoms with Gasteiger partial charge in [0.1, 0.15) is 5.82 Å². The SMILES string of the molecule is Cc1nc(CC2CCN(c3cccc(C(=O)O)n3)CC2)no1. The lowest BCUT2D eigenvalue weighted by atomic mass is 9.93. The molecule has 3 heterocycles. The Morgan fingerprint density at radius 3 is 2.77 bits per heavy atom. The van der Waals surface area contributed by atoms with Crippen molar-refractivity contribution in [2.45, 2.75) is 26.2 Å². The van der Waals surface area contributed by atoms with Crippen molar-refractivity contribution in [3.05, 3.63) is 35.6 Å². The van der Waals surface area contributed by atoms with Crippen LogP contribution >= 0.6 is 0 Å². The summed E-state index contributed by atoms with van der Waals surface area (Å²) in [5.41, 5.74) is 0.0851. The fourth-order valence-corrected chi connectivity index (χ4v) is 2.77. The van der Waals surface area contributed by atoms with Gasteiger partial charge in [0.2, 0.25) is 5.89 Å². The van der Waals surface area contributed by atoms with Crippen molar-refractivity contribution in [1.82, 2.24) is 15.1 Å². The minimum atomic E-state index is -0.996. The maximum Gasteiger partial charge on any atom is 0.354 e. The first-order valence-electron chi connectivity index (χ1n) is 7.36. The first kappa shape index (κ1) is 14.5. The molecule has 0 aromatic carbocycles. The van der Waals surface area contributed by atoms with Gasteiger partial charge < -0.3 is 14.5 Å². The molecule has 1 saturated heterocycles. The van der Waals surface area contributed by atoms with E-state index in [2.05, 4.69) is 20.0 Å². The number of aryl methyl sites for hydroxylation is 1. The number of rotatable bonds is 4. The zero-order chi connectivity index (χ0) is 15.5. The van der Waals surface area contributed by atoms with Gasteiger partial charge in [0.25, 0.3) is 0 Å². The van der Waals surface area contributed by atoms with Crippen molar-refractivity contribution in [3.8, 4) is 0 Å². The molecule has 0 spiro atoms. The lowest BCUT2D eigenvalue weighted by Crippen LogP contribution is -2.35. The topological polar surface area (TPSA) is 92.4 Å². The number of hydrogen-bond donors (Lipinski definition) is 1. The number of carboxylic acid groups (broad SMARTS) is 1. The molecule has 1 aliphatic rings. The fourth-order valence-electron chi connectivity index (χ4n) is 2.77. The second kappa shape index (κ2) is 6.13. The number of aromatic carboxylic acids is 1. The molecule has 2 aromatic rings. The molecule has 0 amide bonds. The highest BCUT2D eigenvalue weighted by molar-refractivity contribution is 5.85. The molecule has 0 unspecified atom stereocenters. The van der Waals surface area contributed by atoms with Gasteiger partial charge in [-0.05, 0) is 30.9 Å². The van der Waals surface area contributed by atoms with E-state index >= 15 is 0 Å². The van der Waals surface area contributed by atoms with Gasteiger partial charge in [0.15, 0.2) is 11.5 Å². The highest BCUT2D eigenvalue weighted by atomic mass is 16.5. The third kappa shape index (κ3) is 3.24. The molecule has 1 aliphatic heterocycles. The summed E-state index contributed by atoms with van der Waals surface area (Å²) in [6.45, 7) is 3.51. The van der Waals surface area contributed by atoms with E-state index in [-0.39, 0.29) is 5.69 Å². The second-order valence-electron chi connectivity index (χ2n) is 5.55. The number of carboxylic acids is 1. The Labute approximate surface area is 128 Å². The molecular weight excluding hydrogens is 284 g/mol. The van der Waals surface area contributed by atoms with Gasteiger partial charge in [0.05, 0.1) is 0 Å². The molecule has 0 aliphatic carbocycles. The van der Waals surface area contributed by atoms with E-state index in [1.165, 1.54) is 6.07 Å². The van der Waals surface area contributed by atoms with Gasteiger partial charge in [-0.1, -0.05) is 11.2 Å². The number of hydrogen-bond acceptors (Lipinski definition) is 6. The number of nitrogens with zero attached hydrogens (tertiary/aromatic N) is 4. The molecule has 7 heteroatoms. The summed E-state index contributed by atoms with van der Waals surface area (Å²) in [6, 6.07) is 5.10. The summed E-state index contributed by atoms with van der Waals surface area (Å²) < 4.78 is 4.99. The van der Waals surface area contributed by atoms with Crippen molar-refractivity contribution < 1.29 is 14.4 Å². The summed E-state index contributed by atoms with van der Waals surface area (Å²) in [5.74, 6) is 1.62. The Morgan fingerprint density at radius 1 is 1.36 bits per heavy atom. The monoisotopic (exact) mass is 302 g/mol. The summed E-state index contributed by atoms with van der Waals surface area (Å²) in [6.07, 6.45) is 2.84. The van der Waals surface area contributed by atoms with Crippen molar-refractivity contribution in [1.29, 1.82) is 0 Å². The normalized spacial score (nSPS) is 16.0. The van der Waals surface area contributed by atoms with Gasteiger partial charge in [-0.2, -0.15) is 4.98 Å². The van der Waals surface area contributed by atoms with Gasteiger partial charge in [-0.15, -0.1) is 0 Å². The second-order valence-corrected chi connectivity index (χ2v) is 5.55. The van der Waals surface area contributed by atoms with Crippen LogP contribution in [-0.4, -0.2) is 39.3 Å². The van der Waals surface area contributed by atoms with Crippen molar-refractivity contribution in [3.63, 3.8) is 0 Å². The molecule has 0 atom stereocenters. The predicted molar refractivity (Wildman–Crippen MR) is 78.9 cm³/mol. The first-order valence-corrected chi connectivity index (χ1v) is 7.36. The smallest absolute Gasteiger partial charge is 0.354 e. The number of piperidine rings is 1. The molecule has 2 aromatic heterocycles. The van der Waals surface area contributed by atoms with E-state index in [0.29, 0.717) is 11.8 Å². The predicted octanol–water partition coefficient (Wildman–Crippen LogP) is 1.93. The van der Waals surface area contributed by atoms with E-state index in [9.17, 15) is 4.79 Å². The lowest BCUT2D eigenvalue weighted by molar-refractivity contribution is 0.0690. The zero-order valence-electron chi connectivity index (χ0n) is 12.4. The Bertz CT molecular complexity index is 662. The van der Waals surface area contributed by atoms with Crippen LogP contribution in [0.2, 0.25) is 0 Å².